The fourth-order valence-electron chi connectivity index (χ4n) is 2.17. The molecule has 1 aromatic heterocycles. The number of piperazine rings is 1. The molecule has 2 heterocycles. The Hall–Kier alpha value is -1.82. The van der Waals surface area contributed by atoms with Gasteiger partial charge in [0.15, 0.2) is 5.82 Å². The zero-order chi connectivity index (χ0) is 13.1. The third-order valence-electron chi connectivity index (χ3n) is 3.39. The fourth-order valence-corrected chi connectivity index (χ4v) is 2.17. The van der Waals surface area contributed by atoms with E-state index in [0.717, 1.165) is 32.0 Å². The van der Waals surface area contributed by atoms with Gasteiger partial charge in [0.25, 0.3) is 0 Å². The van der Waals surface area contributed by atoms with Crippen molar-refractivity contribution in [3.05, 3.63) is 18.3 Å². The topological polar surface area (TPSA) is 88.5 Å². The van der Waals surface area contributed by atoms with Crippen molar-refractivity contribution < 1.29 is 4.79 Å². The van der Waals surface area contributed by atoms with Crippen LogP contribution >= 0.6 is 0 Å². The lowest BCUT2D eigenvalue weighted by Gasteiger charge is -2.37. The Labute approximate surface area is 107 Å². The minimum absolute atomic E-state index is 0.215. The molecule has 1 amide bonds. The van der Waals surface area contributed by atoms with Crippen LogP contribution in [-0.4, -0.2) is 48.0 Å². The van der Waals surface area contributed by atoms with Crippen LogP contribution in [0.2, 0.25) is 0 Å². The Bertz CT molecular complexity index is 428. The van der Waals surface area contributed by atoms with Gasteiger partial charge in [-0.1, -0.05) is 0 Å². The summed E-state index contributed by atoms with van der Waals surface area (Å²) < 4.78 is 0. The molecule has 98 valence electrons. The maximum absolute atomic E-state index is 11.1. The first kappa shape index (κ1) is 12.6. The summed E-state index contributed by atoms with van der Waals surface area (Å²) in [5, 5.41) is 0. The molecule has 0 aromatic carbocycles. The minimum Gasteiger partial charge on any atom is -0.396 e. The van der Waals surface area contributed by atoms with E-state index in [9.17, 15) is 4.79 Å². The number of amides is 1. The van der Waals surface area contributed by atoms with Crippen molar-refractivity contribution in [2.24, 2.45) is 5.73 Å². The van der Waals surface area contributed by atoms with Gasteiger partial charge >= 0.3 is 0 Å². The van der Waals surface area contributed by atoms with E-state index >= 15 is 0 Å². The van der Waals surface area contributed by atoms with E-state index in [4.69, 9.17) is 11.5 Å². The zero-order valence-corrected chi connectivity index (χ0v) is 10.5. The number of hydrogen-bond donors (Lipinski definition) is 2. The number of nitrogens with zero attached hydrogens (tertiary/aromatic N) is 3. The number of nitrogen functional groups attached to an aromatic ring is 1. The van der Waals surface area contributed by atoms with Crippen LogP contribution in [0.3, 0.4) is 0 Å². The third kappa shape index (κ3) is 2.53. The fraction of sp³-hybridized carbons (Fsp3) is 0.500. The summed E-state index contributed by atoms with van der Waals surface area (Å²) in [5.41, 5.74) is 11.9. The molecule has 2 rings (SSSR count). The van der Waals surface area contributed by atoms with E-state index in [0.29, 0.717) is 5.69 Å². The molecule has 1 unspecified atom stereocenters. The van der Waals surface area contributed by atoms with Crippen molar-refractivity contribution in [1.82, 2.24) is 9.88 Å². The third-order valence-corrected chi connectivity index (χ3v) is 3.39. The average Bonchev–Trinajstić information content (AvgIpc) is 2.38. The predicted molar refractivity (Wildman–Crippen MR) is 71.1 cm³/mol. The lowest BCUT2D eigenvalue weighted by molar-refractivity contribution is -0.122. The van der Waals surface area contributed by atoms with Gasteiger partial charge in [-0.25, -0.2) is 4.98 Å². The Morgan fingerprint density at radius 3 is 2.61 bits per heavy atom. The Kier molecular flexibility index (Phi) is 3.66. The number of aromatic nitrogens is 1. The largest absolute Gasteiger partial charge is 0.396 e. The molecule has 0 radical (unpaired) electrons. The number of carbonyl (C=O) groups is 1. The summed E-state index contributed by atoms with van der Waals surface area (Å²) in [6, 6.07) is 3.46. The molecule has 0 bridgehead atoms. The molecule has 6 nitrogen and oxygen atoms in total. The van der Waals surface area contributed by atoms with Crippen LogP contribution in [-0.2, 0) is 4.79 Å². The molecule has 0 saturated carbocycles. The molecule has 0 aliphatic carbocycles. The number of primary amides is 1. The van der Waals surface area contributed by atoms with Gasteiger partial charge in [-0.15, -0.1) is 0 Å². The maximum atomic E-state index is 11.1. The first-order valence-electron chi connectivity index (χ1n) is 6.08. The smallest absolute Gasteiger partial charge is 0.234 e. The van der Waals surface area contributed by atoms with E-state index in [1.54, 1.807) is 6.20 Å². The van der Waals surface area contributed by atoms with E-state index in [2.05, 4.69) is 14.8 Å². The lowest BCUT2D eigenvalue weighted by atomic mass is 10.2. The van der Waals surface area contributed by atoms with Crippen LogP contribution in [0.25, 0.3) is 0 Å². The number of rotatable bonds is 3. The van der Waals surface area contributed by atoms with Gasteiger partial charge in [0, 0.05) is 32.4 Å². The molecule has 18 heavy (non-hydrogen) atoms. The van der Waals surface area contributed by atoms with Crippen LogP contribution in [0.4, 0.5) is 11.5 Å². The highest BCUT2D eigenvalue weighted by molar-refractivity contribution is 5.79. The molecule has 6 heteroatoms. The van der Waals surface area contributed by atoms with Crippen molar-refractivity contribution in [3.63, 3.8) is 0 Å². The van der Waals surface area contributed by atoms with E-state index < -0.39 is 0 Å². The summed E-state index contributed by atoms with van der Waals surface area (Å²) in [4.78, 5) is 19.7. The van der Waals surface area contributed by atoms with Crippen LogP contribution in [0.5, 0.6) is 0 Å². The zero-order valence-electron chi connectivity index (χ0n) is 10.5. The number of anilines is 2. The monoisotopic (exact) mass is 249 g/mol. The van der Waals surface area contributed by atoms with Gasteiger partial charge in [-0.3, -0.25) is 9.69 Å². The highest BCUT2D eigenvalue weighted by atomic mass is 16.1. The summed E-state index contributed by atoms with van der Waals surface area (Å²) in [6.45, 7) is 5.03. The molecule has 1 fully saturated rings. The molecule has 1 saturated heterocycles. The molecule has 1 aliphatic heterocycles. The Morgan fingerprint density at radius 2 is 2.06 bits per heavy atom. The molecule has 1 atom stereocenters. The van der Waals surface area contributed by atoms with Crippen molar-refractivity contribution in [2.75, 3.05) is 36.8 Å². The highest BCUT2D eigenvalue weighted by Gasteiger charge is 2.25. The van der Waals surface area contributed by atoms with Crippen molar-refractivity contribution in [3.8, 4) is 0 Å². The lowest BCUT2D eigenvalue weighted by Crippen LogP contribution is -2.53. The molecular weight excluding hydrogens is 230 g/mol. The first-order valence-corrected chi connectivity index (χ1v) is 6.08. The SMILES string of the molecule is CC(C(N)=O)N1CCN(c2ncccc2N)CC1. The number of hydrogen-bond acceptors (Lipinski definition) is 5. The van der Waals surface area contributed by atoms with Crippen LogP contribution in [0.15, 0.2) is 18.3 Å². The summed E-state index contributed by atoms with van der Waals surface area (Å²) >= 11 is 0. The van der Waals surface area contributed by atoms with Crippen LogP contribution < -0.4 is 16.4 Å². The number of carbonyl (C=O) groups excluding carboxylic acids is 1. The van der Waals surface area contributed by atoms with E-state index in [-0.39, 0.29) is 11.9 Å². The first-order chi connectivity index (χ1) is 8.59. The van der Waals surface area contributed by atoms with Crippen LogP contribution in [0, 0.1) is 0 Å². The number of nitrogens with two attached hydrogens (primary N) is 2. The predicted octanol–water partition coefficient (Wildman–Crippen LogP) is -0.340. The maximum Gasteiger partial charge on any atom is 0.234 e. The van der Waals surface area contributed by atoms with Crippen molar-refractivity contribution >= 4 is 17.4 Å². The van der Waals surface area contributed by atoms with E-state index in [1.165, 1.54) is 0 Å². The summed E-state index contributed by atoms with van der Waals surface area (Å²) in [6.07, 6.45) is 1.74. The average molecular weight is 249 g/mol. The second-order valence-electron chi connectivity index (χ2n) is 4.52. The second kappa shape index (κ2) is 5.22. The van der Waals surface area contributed by atoms with Crippen molar-refractivity contribution in [1.29, 1.82) is 0 Å². The van der Waals surface area contributed by atoms with Crippen molar-refractivity contribution in [2.45, 2.75) is 13.0 Å². The second-order valence-corrected chi connectivity index (χ2v) is 4.52. The van der Waals surface area contributed by atoms with Gasteiger partial charge in [-0.05, 0) is 19.1 Å². The van der Waals surface area contributed by atoms with E-state index in [1.807, 2.05) is 19.1 Å². The van der Waals surface area contributed by atoms with Gasteiger partial charge in [0.2, 0.25) is 5.91 Å². The molecule has 4 N–H and O–H groups in total. The Morgan fingerprint density at radius 1 is 1.39 bits per heavy atom. The van der Waals surface area contributed by atoms with Gasteiger partial charge in [0.05, 0.1) is 11.7 Å². The molecule has 1 aliphatic rings. The minimum atomic E-state index is -0.277. The molecule has 1 aromatic rings. The number of pyridine rings is 1. The summed E-state index contributed by atoms with van der Waals surface area (Å²) in [5.74, 6) is 0.546. The summed E-state index contributed by atoms with van der Waals surface area (Å²) in [7, 11) is 0. The van der Waals surface area contributed by atoms with Gasteiger partial charge in [0.1, 0.15) is 0 Å². The highest BCUT2D eigenvalue weighted by Crippen LogP contribution is 2.20. The van der Waals surface area contributed by atoms with Crippen LogP contribution in [0.1, 0.15) is 6.92 Å². The molecular formula is C12H19N5O. The van der Waals surface area contributed by atoms with Gasteiger partial charge < -0.3 is 16.4 Å². The Balaban J connectivity index is 1.99. The normalized spacial score (nSPS) is 18.6. The standard InChI is InChI=1S/C12H19N5O/c1-9(11(14)18)16-5-7-17(8-6-16)12-10(13)3-2-4-15-12/h2-4,9H,5-8,13H2,1H3,(H2,14,18). The molecule has 0 spiro atoms. The quantitative estimate of drug-likeness (QED) is 0.765. The van der Waals surface area contributed by atoms with Gasteiger partial charge in [-0.2, -0.15) is 0 Å².